The molecule has 0 aliphatic carbocycles. The van der Waals surface area contributed by atoms with E-state index in [0.29, 0.717) is 11.1 Å². The van der Waals surface area contributed by atoms with Gasteiger partial charge >= 0.3 is 0 Å². The molecule has 1 nitrogen and oxygen atoms in total. The second-order valence-corrected chi connectivity index (χ2v) is 5.66. The molecule has 0 saturated carbocycles. The quantitative estimate of drug-likeness (QED) is 0.715. The predicted octanol–water partition coefficient (Wildman–Crippen LogP) is 4.99. The lowest BCUT2D eigenvalue weighted by Gasteiger charge is -2.23. The maximum Gasteiger partial charge on any atom is 0.150 e. The van der Waals surface area contributed by atoms with E-state index in [0.717, 1.165) is 18.3 Å². The number of carbonyl (C=O) groups excluding carboxylic acids is 1. The summed E-state index contributed by atoms with van der Waals surface area (Å²) in [7, 11) is 0. The van der Waals surface area contributed by atoms with Crippen molar-refractivity contribution in [2.75, 3.05) is 0 Å². The van der Waals surface area contributed by atoms with Crippen LogP contribution in [0.2, 0.25) is 0 Å². The van der Waals surface area contributed by atoms with Crippen LogP contribution in [0, 0.1) is 5.82 Å². The molecule has 0 N–H and O–H groups in total. The van der Waals surface area contributed by atoms with Crippen LogP contribution in [0.3, 0.4) is 0 Å². The monoisotopic (exact) mass is 270 g/mol. The molecule has 0 atom stereocenters. The first-order chi connectivity index (χ1) is 9.47. The van der Waals surface area contributed by atoms with Crippen molar-refractivity contribution in [3.8, 4) is 11.1 Å². The Kier molecular flexibility index (Phi) is 4.03. The molecule has 0 heterocycles. The summed E-state index contributed by atoms with van der Waals surface area (Å²) >= 11 is 0. The summed E-state index contributed by atoms with van der Waals surface area (Å²) in [5.41, 5.74) is 3.37. The first-order valence-electron chi connectivity index (χ1n) is 6.83. The van der Waals surface area contributed by atoms with Crippen molar-refractivity contribution in [1.82, 2.24) is 0 Å². The lowest BCUT2D eigenvalue weighted by molar-refractivity contribution is 0.112. The topological polar surface area (TPSA) is 17.1 Å². The molecule has 0 bridgehead atoms. The number of hydrogen-bond acceptors (Lipinski definition) is 1. The zero-order valence-electron chi connectivity index (χ0n) is 12.1. The van der Waals surface area contributed by atoms with E-state index in [-0.39, 0.29) is 11.2 Å². The molecule has 2 aromatic carbocycles. The fourth-order valence-electron chi connectivity index (χ4n) is 2.19. The summed E-state index contributed by atoms with van der Waals surface area (Å²) in [5.74, 6) is -0.330. The molecule has 0 aromatic heterocycles. The minimum Gasteiger partial charge on any atom is -0.298 e. The van der Waals surface area contributed by atoms with E-state index in [9.17, 15) is 9.18 Å². The Bertz CT molecular complexity index is 612. The van der Waals surface area contributed by atoms with Crippen LogP contribution >= 0.6 is 0 Å². The third kappa shape index (κ3) is 2.79. The third-order valence-electron chi connectivity index (χ3n) is 4.00. The zero-order valence-corrected chi connectivity index (χ0v) is 12.1. The van der Waals surface area contributed by atoms with E-state index in [1.165, 1.54) is 23.8 Å². The van der Waals surface area contributed by atoms with Gasteiger partial charge in [0.1, 0.15) is 5.82 Å². The molecule has 0 saturated heterocycles. The standard InChI is InChI=1S/C18H19FO/c1-4-18(2,3)15-8-5-13(6-9-15)17-11-16(19)10-7-14(17)12-20/h5-12H,4H2,1-3H3. The van der Waals surface area contributed by atoms with Gasteiger partial charge in [0, 0.05) is 5.56 Å². The molecule has 2 rings (SSSR count). The van der Waals surface area contributed by atoms with Gasteiger partial charge in [0.25, 0.3) is 0 Å². The number of aldehydes is 1. The highest BCUT2D eigenvalue weighted by Gasteiger charge is 2.17. The van der Waals surface area contributed by atoms with E-state index >= 15 is 0 Å². The summed E-state index contributed by atoms with van der Waals surface area (Å²) in [6, 6.07) is 12.2. The predicted molar refractivity (Wildman–Crippen MR) is 80.5 cm³/mol. The Balaban J connectivity index is 2.45. The molecule has 2 heteroatoms. The van der Waals surface area contributed by atoms with Crippen molar-refractivity contribution < 1.29 is 9.18 Å². The molecular weight excluding hydrogens is 251 g/mol. The van der Waals surface area contributed by atoms with E-state index < -0.39 is 0 Å². The minimum atomic E-state index is -0.330. The smallest absolute Gasteiger partial charge is 0.150 e. The van der Waals surface area contributed by atoms with Crippen LogP contribution in [0.25, 0.3) is 11.1 Å². The average molecular weight is 270 g/mol. The van der Waals surface area contributed by atoms with Crippen molar-refractivity contribution in [3.63, 3.8) is 0 Å². The fourth-order valence-corrected chi connectivity index (χ4v) is 2.19. The van der Waals surface area contributed by atoms with Gasteiger partial charge in [-0.1, -0.05) is 45.0 Å². The van der Waals surface area contributed by atoms with Gasteiger partial charge in [-0.2, -0.15) is 0 Å². The molecule has 104 valence electrons. The Morgan fingerprint density at radius 3 is 2.30 bits per heavy atom. The molecule has 0 aliphatic rings. The third-order valence-corrected chi connectivity index (χ3v) is 4.00. The molecule has 0 amide bonds. The van der Waals surface area contributed by atoms with Gasteiger partial charge < -0.3 is 0 Å². The van der Waals surface area contributed by atoms with Crippen LogP contribution in [0.4, 0.5) is 4.39 Å². The molecule has 0 radical (unpaired) electrons. The van der Waals surface area contributed by atoms with Gasteiger partial charge in [0.2, 0.25) is 0 Å². The fraction of sp³-hybridized carbons (Fsp3) is 0.278. The second-order valence-electron chi connectivity index (χ2n) is 5.66. The number of benzene rings is 2. The first kappa shape index (κ1) is 14.4. The Hall–Kier alpha value is -1.96. The normalized spacial score (nSPS) is 11.4. The van der Waals surface area contributed by atoms with Crippen LogP contribution in [0.15, 0.2) is 42.5 Å². The summed E-state index contributed by atoms with van der Waals surface area (Å²) in [6.07, 6.45) is 1.81. The van der Waals surface area contributed by atoms with E-state index in [4.69, 9.17) is 0 Å². The largest absolute Gasteiger partial charge is 0.298 e. The first-order valence-corrected chi connectivity index (χ1v) is 6.83. The maximum atomic E-state index is 13.4. The van der Waals surface area contributed by atoms with Gasteiger partial charge in [-0.25, -0.2) is 4.39 Å². The number of hydrogen-bond donors (Lipinski definition) is 0. The van der Waals surface area contributed by atoms with Crippen molar-refractivity contribution in [1.29, 1.82) is 0 Å². The Labute approximate surface area is 119 Å². The van der Waals surface area contributed by atoms with Crippen LogP contribution in [0.5, 0.6) is 0 Å². The van der Waals surface area contributed by atoms with Gasteiger partial charge in [-0.15, -0.1) is 0 Å². The van der Waals surface area contributed by atoms with Crippen molar-refractivity contribution in [3.05, 3.63) is 59.4 Å². The Morgan fingerprint density at radius 2 is 1.75 bits per heavy atom. The number of rotatable bonds is 4. The number of carbonyl (C=O) groups is 1. The van der Waals surface area contributed by atoms with Crippen LogP contribution in [0.1, 0.15) is 43.1 Å². The highest BCUT2D eigenvalue weighted by Crippen LogP contribution is 2.30. The summed E-state index contributed by atoms with van der Waals surface area (Å²) in [4.78, 5) is 11.1. The minimum absolute atomic E-state index is 0.119. The molecule has 20 heavy (non-hydrogen) atoms. The van der Waals surface area contributed by atoms with E-state index in [1.54, 1.807) is 0 Å². The van der Waals surface area contributed by atoms with Gasteiger partial charge in [-0.3, -0.25) is 4.79 Å². The average Bonchev–Trinajstić information content (AvgIpc) is 2.47. The summed E-state index contributed by atoms with van der Waals surface area (Å²) in [5, 5.41) is 0. The van der Waals surface area contributed by atoms with E-state index in [1.807, 2.05) is 12.1 Å². The second kappa shape index (κ2) is 5.58. The molecule has 0 aliphatic heterocycles. The van der Waals surface area contributed by atoms with Crippen LogP contribution in [-0.4, -0.2) is 6.29 Å². The van der Waals surface area contributed by atoms with Gasteiger partial charge in [-0.05, 0) is 46.7 Å². The summed E-state index contributed by atoms with van der Waals surface area (Å²) in [6.45, 7) is 6.55. The van der Waals surface area contributed by atoms with Crippen LogP contribution < -0.4 is 0 Å². The van der Waals surface area contributed by atoms with E-state index in [2.05, 4.69) is 32.9 Å². The SMILES string of the molecule is CCC(C)(C)c1ccc(-c2cc(F)ccc2C=O)cc1. The van der Waals surface area contributed by atoms with Crippen molar-refractivity contribution >= 4 is 6.29 Å². The van der Waals surface area contributed by atoms with Crippen molar-refractivity contribution in [2.24, 2.45) is 0 Å². The Morgan fingerprint density at radius 1 is 1.10 bits per heavy atom. The highest BCUT2D eigenvalue weighted by molar-refractivity contribution is 5.87. The lowest BCUT2D eigenvalue weighted by Crippen LogP contribution is -2.14. The highest BCUT2D eigenvalue weighted by atomic mass is 19.1. The van der Waals surface area contributed by atoms with Crippen molar-refractivity contribution in [2.45, 2.75) is 32.6 Å². The molecule has 0 spiro atoms. The molecule has 2 aromatic rings. The molecular formula is C18H19FO. The maximum absolute atomic E-state index is 13.4. The summed E-state index contributed by atoms with van der Waals surface area (Å²) < 4.78 is 13.4. The van der Waals surface area contributed by atoms with Gasteiger partial charge in [0.05, 0.1) is 0 Å². The zero-order chi connectivity index (χ0) is 14.8. The molecule has 0 unspecified atom stereocenters. The number of halogens is 1. The lowest BCUT2D eigenvalue weighted by atomic mass is 9.81. The van der Waals surface area contributed by atoms with Gasteiger partial charge in [0.15, 0.2) is 6.29 Å². The molecule has 0 fully saturated rings. The van der Waals surface area contributed by atoms with Crippen LogP contribution in [-0.2, 0) is 5.41 Å².